The summed E-state index contributed by atoms with van der Waals surface area (Å²) in [5, 5.41) is 24.2. The van der Waals surface area contributed by atoms with Crippen molar-refractivity contribution >= 4 is 39.8 Å². The second-order valence-corrected chi connectivity index (χ2v) is 5.32. The number of carbonyl (C=O) groups excluding carboxylic acids is 1. The third-order valence-corrected chi connectivity index (χ3v) is 3.72. The Balaban J connectivity index is 0.00000225. The smallest absolute Gasteiger partial charge is 0.271 e. The van der Waals surface area contributed by atoms with E-state index in [1.807, 2.05) is 0 Å². The largest absolute Gasteiger partial charge is 0.505 e. The average Bonchev–Trinajstić information content (AvgIpc) is 2.57. The van der Waals surface area contributed by atoms with Crippen molar-refractivity contribution in [3.05, 3.63) is 69.4 Å². The minimum Gasteiger partial charge on any atom is -0.505 e. The summed E-state index contributed by atoms with van der Waals surface area (Å²) in [4.78, 5) is 26.5. The van der Waals surface area contributed by atoms with Gasteiger partial charge < -0.3 is 10.4 Å². The molecular weight excluding hydrogens is 346 g/mol. The van der Waals surface area contributed by atoms with Crippen LogP contribution in [0.2, 0.25) is 5.02 Å². The van der Waals surface area contributed by atoms with Crippen molar-refractivity contribution in [3.63, 3.8) is 0 Å². The van der Waals surface area contributed by atoms with Gasteiger partial charge in [-0.25, -0.2) is 0 Å². The van der Waals surface area contributed by atoms with Crippen LogP contribution in [0, 0.1) is 10.1 Å². The van der Waals surface area contributed by atoms with Crippen molar-refractivity contribution in [3.8, 4) is 5.75 Å². The Morgan fingerprint density at radius 2 is 2.00 bits per heavy atom. The number of halogens is 1. The molecule has 7 nitrogen and oxygen atoms in total. The van der Waals surface area contributed by atoms with Gasteiger partial charge in [0.1, 0.15) is 5.52 Å². The van der Waals surface area contributed by atoms with Crippen LogP contribution in [0.1, 0.15) is 17.8 Å². The lowest BCUT2D eigenvalue weighted by Crippen LogP contribution is -2.12. The van der Waals surface area contributed by atoms with E-state index in [0.717, 1.165) is 6.07 Å². The molecule has 0 saturated carbocycles. The molecule has 3 rings (SSSR count). The van der Waals surface area contributed by atoms with E-state index in [1.165, 1.54) is 24.4 Å². The standard InChI is InChI=1S/C16H10ClN3O4.CH4/c17-12-8-10(20(23)24)4-6-13(12)19-16(22)11-5-3-9-2-1-7-18-14(9)15(11)21;/h1-8,21H,(H,19,22);1H4. The molecule has 0 aliphatic heterocycles. The molecule has 2 N–H and O–H groups in total. The lowest BCUT2D eigenvalue weighted by Gasteiger charge is -2.09. The highest BCUT2D eigenvalue weighted by molar-refractivity contribution is 6.34. The summed E-state index contributed by atoms with van der Waals surface area (Å²) in [6.45, 7) is 0. The number of aromatic nitrogens is 1. The third kappa shape index (κ3) is 3.51. The molecule has 0 atom stereocenters. The van der Waals surface area contributed by atoms with E-state index in [1.54, 1.807) is 18.2 Å². The van der Waals surface area contributed by atoms with Crippen LogP contribution in [0.5, 0.6) is 5.75 Å². The molecule has 128 valence electrons. The summed E-state index contributed by atoms with van der Waals surface area (Å²) in [5.74, 6) is -0.848. The Hall–Kier alpha value is -3.19. The van der Waals surface area contributed by atoms with Gasteiger partial charge in [-0.05, 0) is 18.2 Å². The highest BCUT2D eigenvalue weighted by atomic mass is 35.5. The lowest BCUT2D eigenvalue weighted by atomic mass is 10.1. The van der Waals surface area contributed by atoms with E-state index in [-0.39, 0.29) is 35.1 Å². The number of nitrogens with one attached hydrogen (secondary N) is 1. The average molecular weight is 360 g/mol. The first kappa shape index (κ1) is 18.2. The lowest BCUT2D eigenvalue weighted by molar-refractivity contribution is -0.384. The second-order valence-electron chi connectivity index (χ2n) is 4.91. The van der Waals surface area contributed by atoms with E-state index in [9.17, 15) is 20.0 Å². The van der Waals surface area contributed by atoms with Crippen LogP contribution in [0.4, 0.5) is 11.4 Å². The molecule has 3 aromatic rings. The summed E-state index contributed by atoms with van der Waals surface area (Å²) in [6.07, 6.45) is 1.51. The van der Waals surface area contributed by atoms with Crippen LogP contribution in [0.3, 0.4) is 0 Å². The molecule has 2 aromatic carbocycles. The molecule has 0 fully saturated rings. The number of benzene rings is 2. The van der Waals surface area contributed by atoms with Crippen LogP contribution in [-0.2, 0) is 0 Å². The van der Waals surface area contributed by atoms with Crippen molar-refractivity contribution < 1.29 is 14.8 Å². The number of rotatable bonds is 3. The minimum atomic E-state index is -0.601. The molecule has 1 aromatic heterocycles. The molecule has 25 heavy (non-hydrogen) atoms. The number of phenolic OH excluding ortho intramolecular Hbond substituents is 1. The highest BCUT2D eigenvalue weighted by Gasteiger charge is 2.17. The van der Waals surface area contributed by atoms with Gasteiger partial charge >= 0.3 is 0 Å². The Bertz CT molecular complexity index is 975. The van der Waals surface area contributed by atoms with E-state index < -0.39 is 10.8 Å². The van der Waals surface area contributed by atoms with E-state index >= 15 is 0 Å². The fourth-order valence-electron chi connectivity index (χ4n) is 2.22. The summed E-state index contributed by atoms with van der Waals surface area (Å²) >= 11 is 5.95. The van der Waals surface area contributed by atoms with Crippen LogP contribution >= 0.6 is 11.6 Å². The van der Waals surface area contributed by atoms with Crippen molar-refractivity contribution in [2.45, 2.75) is 7.43 Å². The Morgan fingerprint density at radius 1 is 1.24 bits per heavy atom. The van der Waals surface area contributed by atoms with Crippen molar-refractivity contribution in [2.24, 2.45) is 0 Å². The highest BCUT2D eigenvalue weighted by Crippen LogP contribution is 2.30. The molecule has 0 bridgehead atoms. The SMILES string of the molecule is C.O=C(Nc1ccc([N+](=O)[O-])cc1Cl)c1ccc2cccnc2c1O. The molecule has 0 saturated heterocycles. The predicted molar refractivity (Wildman–Crippen MR) is 96.2 cm³/mol. The summed E-state index contributed by atoms with van der Waals surface area (Å²) < 4.78 is 0. The fraction of sp³-hybridized carbons (Fsp3) is 0.0588. The summed E-state index contributed by atoms with van der Waals surface area (Å²) in [6, 6.07) is 10.3. The molecule has 0 aliphatic rings. The number of amides is 1. The monoisotopic (exact) mass is 359 g/mol. The molecule has 0 spiro atoms. The van der Waals surface area contributed by atoms with Gasteiger partial charge in [0.2, 0.25) is 0 Å². The van der Waals surface area contributed by atoms with Crippen LogP contribution in [0.15, 0.2) is 48.7 Å². The number of fused-ring (bicyclic) bond motifs is 1. The van der Waals surface area contributed by atoms with Crippen LogP contribution in [0.25, 0.3) is 10.9 Å². The van der Waals surface area contributed by atoms with Crippen molar-refractivity contribution in [2.75, 3.05) is 5.32 Å². The number of nitro benzene ring substituents is 1. The molecule has 0 radical (unpaired) electrons. The number of hydrogen-bond donors (Lipinski definition) is 2. The van der Waals surface area contributed by atoms with Crippen LogP contribution in [-0.4, -0.2) is 20.9 Å². The number of carbonyl (C=O) groups is 1. The minimum absolute atomic E-state index is 0. The molecule has 8 heteroatoms. The van der Waals surface area contributed by atoms with Crippen LogP contribution < -0.4 is 5.32 Å². The molecule has 1 heterocycles. The zero-order chi connectivity index (χ0) is 17.3. The van der Waals surface area contributed by atoms with Gasteiger partial charge in [0.15, 0.2) is 5.75 Å². The van der Waals surface area contributed by atoms with E-state index in [0.29, 0.717) is 10.9 Å². The number of pyridine rings is 1. The second kappa shape index (κ2) is 7.14. The number of non-ortho nitro benzene ring substituents is 1. The van der Waals surface area contributed by atoms with Crippen molar-refractivity contribution in [1.29, 1.82) is 0 Å². The molecule has 0 unspecified atom stereocenters. The Morgan fingerprint density at radius 3 is 2.68 bits per heavy atom. The quantitative estimate of drug-likeness (QED) is 0.533. The zero-order valence-electron chi connectivity index (χ0n) is 12.1. The first-order valence-corrected chi connectivity index (χ1v) is 7.17. The summed E-state index contributed by atoms with van der Waals surface area (Å²) in [5.41, 5.74) is 0.346. The van der Waals surface area contributed by atoms with E-state index in [2.05, 4.69) is 10.3 Å². The first-order chi connectivity index (χ1) is 11.5. The fourth-order valence-corrected chi connectivity index (χ4v) is 2.44. The molecule has 0 aliphatic carbocycles. The topological polar surface area (TPSA) is 105 Å². The number of nitrogens with zero attached hydrogens (tertiary/aromatic N) is 2. The summed E-state index contributed by atoms with van der Waals surface area (Å²) in [7, 11) is 0. The van der Waals surface area contributed by atoms with Gasteiger partial charge in [-0.15, -0.1) is 0 Å². The molecule has 1 amide bonds. The third-order valence-electron chi connectivity index (χ3n) is 3.40. The van der Waals surface area contributed by atoms with Crippen molar-refractivity contribution in [1.82, 2.24) is 4.98 Å². The maximum absolute atomic E-state index is 12.4. The Labute approximate surface area is 148 Å². The zero-order valence-corrected chi connectivity index (χ0v) is 12.8. The number of hydrogen-bond acceptors (Lipinski definition) is 5. The normalized spacial score (nSPS) is 10.1. The van der Waals surface area contributed by atoms with E-state index in [4.69, 9.17) is 11.6 Å². The maximum atomic E-state index is 12.4. The van der Waals surface area contributed by atoms with Gasteiger partial charge in [0, 0.05) is 23.7 Å². The van der Waals surface area contributed by atoms with Gasteiger partial charge in [-0.1, -0.05) is 31.2 Å². The Kier molecular flexibility index (Phi) is 5.19. The van der Waals surface area contributed by atoms with Gasteiger partial charge in [-0.3, -0.25) is 19.9 Å². The van der Waals surface area contributed by atoms with Gasteiger partial charge in [-0.2, -0.15) is 0 Å². The van der Waals surface area contributed by atoms with Gasteiger partial charge in [0.25, 0.3) is 11.6 Å². The number of nitro groups is 1. The number of phenols is 1. The number of aromatic hydroxyl groups is 1. The maximum Gasteiger partial charge on any atom is 0.271 e. The molecular formula is C17H14ClN3O4. The first-order valence-electron chi connectivity index (χ1n) is 6.79. The predicted octanol–water partition coefficient (Wildman–Crippen LogP) is 4.39. The van der Waals surface area contributed by atoms with Gasteiger partial charge in [0.05, 0.1) is 21.2 Å². The number of anilines is 1.